The molecule has 0 saturated carbocycles. The molecular weight excluding hydrogens is 507 g/mol. The van der Waals surface area contributed by atoms with Crippen molar-refractivity contribution >= 4 is 32.7 Å². The van der Waals surface area contributed by atoms with Gasteiger partial charge in [-0.3, -0.25) is 15.3 Å². The zero-order valence-electron chi connectivity index (χ0n) is 20.0. The molecule has 0 aliphatic rings. The normalized spacial score (nSPS) is 12.4. The van der Waals surface area contributed by atoms with E-state index in [9.17, 15) is 23.1 Å². The molecular formula is C25H24F3N5O3S. The maximum Gasteiger partial charge on any atom is 0.420 e. The van der Waals surface area contributed by atoms with Crippen molar-refractivity contribution in [2.24, 2.45) is 0 Å². The van der Waals surface area contributed by atoms with Gasteiger partial charge in [-0.05, 0) is 43.2 Å². The Kier molecular flexibility index (Phi) is 7.89. The van der Waals surface area contributed by atoms with Crippen LogP contribution in [0.4, 0.5) is 23.1 Å². The summed E-state index contributed by atoms with van der Waals surface area (Å²) in [6.45, 7) is 4.80. The summed E-state index contributed by atoms with van der Waals surface area (Å²) in [5.41, 5.74) is 2.51. The van der Waals surface area contributed by atoms with Gasteiger partial charge in [-0.25, -0.2) is 9.78 Å². The summed E-state index contributed by atoms with van der Waals surface area (Å²) >= 11 is 1.27. The second kappa shape index (κ2) is 11.1. The number of urea groups is 1. The first-order chi connectivity index (χ1) is 17.7. The Morgan fingerprint density at radius 1 is 1.14 bits per heavy atom. The predicted molar refractivity (Wildman–Crippen MR) is 136 cm³/mol. The van der Waals surface area contributed by atoms with Gasteiger partial charge in [-0.1, -0.05) is 24.3 Å². The number of nitrogens with one attached hydrogen (secondary N) is 2. The molecule has 194 valence electrons. The number of pyridine rings is 2. The molecule has 4 rings (SSSR count). The van der Waals surface area contributed by atoms with E-state index in [1.807, 2.05) is 13.0 Å². The van der Waals surface area contributed by atoms with Crippen molar-refractivity contribution in [3.63, 3.8) is 0 Å². The van der Waals surface area contributed by atoms with E-state index in [-0.39, 0.29) is 6.03 Å². The van der Waals surface area contributed by atoms with Crippen LogP contribution in [0.15, 0.2) is 48.8 Å². The lowest BCUT2D eigenvalue weighted by Gasteiger charge is -2.14. The third-order valence-corrected chi connectivity index (χ3v) is 6.26. The zero-order chi connectivity index (χ0) is 26.6. The van der Waals surface area contributed by atoms with Gasteiger partial charge in [-0.15, -0.1) is 0 Å². The van der Waals surface area contributed by atoms with Crippen molar-refractivity contribution in [2.75, 3.05) is 18.5 Å². The molecule has 0 saturated heterocycles. The van der Waals surface area contributed by atoms with Crippen molar-refractivity contribution in [1.82, 2.24) is 20.3 Å². The highest BCUT2D eigenvalue weighted by atomic mass is 32.1. The molecule has 3 N–H and O–H groups in total. The first-order valence-corrected chi connectivity index (χ1v) is 12.3. The van der Waals surface area contributed by atoms with Gasteiger partial charge in [0.1, 0.15) is 5.75 Å². The Hall–Kier alpha value is -3.77. The van der Waals surface area contributed by atoms with Gasteiger partial charge in [0.15, 0.2) is 11.2 Å². The summed E-state index contributed by atoms with van der Waals surface area (Å²) in [5.74, 6) is 0.641. The molecule has 3 aromatic heterocycles. The van der Waals surface area contributed by atoms with E-state index < -0.39 is 18.0 Å². The van der Waals surface area contributed by atoms with Gasteiger partial charge >= 0.3 is 12.2 Å². The summed E-state index contributed by atoms with van der Waals surface area (Å²) in [6.07, 6.45) is -3.75. The number of benzene rings is 1. The van der Waals surface area contributed by atoms with Crippen LogP contribution < -0.4 is 15.4 Å². The number of carbonyl (C=O) groups excluding carboxylic acids is 1. The van der Waals surface area contributed by atoms with E-state index in [0.29, 0.717) is 51.9 Å². The third kappa shape index (κ3) is 6.15. The van der Waals surface area contributed by atoms with Crippen LogP contribution in [0.2, 0.25) is 0 Å². The number of thiazole rings is 1. The molecule has 1 atom stereocenters. The first kappa shape index (κ1) is 26.3. The number of aromatic nitrogens is 3. The van der Waals surface area contributed by atoms with Crippen LogP contribution in [0.3, 0.4) is 0 Å². The Morgan fingerprint density at radius 2 is 1.95 bits per heavy atom. The number of nitrogens with zero attached hydrogens (tertiary/aromatic N) is 3. The van der Waals surface area contributed by atoms with Crippen LogP contribution in [-0.4, -0.2) is 45.4 Å². The maximum absolute atomic E-state index is 12.9. The molecule has 0 aliphatic heterocycles. The van der Waals surface area contributed by atoms with Gasteiger partial charge in [0, 0.05) is 36.1 Å². The van der Waals surface area contributed by atoms with E-state index in [1.54, 1.807) is 31.3 Å². The van der Waals surface area contributed by atoms with Crippen molar-refractivity contribution < 1.29 is 27.8 Å². The van der Waals surface area contributed by atoms with Crippen molar-refractivity contribution in [2.45, 2.75) is 32.5 Å². The molecule has 1 aromatic carbocycles. The number of fused-ring (bicyclic) bond motifs is 1. The van der Waals surface area contributed by atoms with Crippen molar-refractivity contribution in [3.05, 3.63) is 54.5 Å². The second-order valence-corrected chi connectivity index (χ2v) is 9.02. The summed E-state index contributed by atoms with van der Waals surface area (Å²) in [5, 5.41) is 15.2. The lowest BCUT2D eigenvalue weighted by atomic mass is 10.0. The topological polar surface area (TPSA) is 109 Å². The van der Waals surface area contributed by atoms with E-state index in [4.69, 9.17) is 4.74 Å². The standard InChI is InChI=1S/C25H24F3N5O3S/c1-3-9-36-16-7-8-30-19(12-16)17-10-15(14-5-6-18(31-13-14)22(34)25(26,27)28)11-20-21(17)37-24(32-20)33-23(35)29-4-2/h5-8,10-13,22,34H,3-4,9H2,1-2H3,(H2,29,32,33,35). The number of hydrogen-bond donors (Lipinski definition) is 3. The van der Waals surface area contributed by atoms with Gasteiger partial charge < -0.3 is 15.2 Å². The minimum absolute atomic E-state index is 0.375. The number of ether oxygens (including phenoxy) is 1. The summed E-state index contributed by atoms with van der Waals surface area (Å²) in [4.78, 5) is 24.9. The highest BCUT2D eigenvalue weighted by molar-refractivity contribution is 7.22. The zero-order valence-corrected chi connectivity index (χ0v) is 20.8. The SMILES string of the molecule is CCCOc1ccnc(-c2cc(-c3ccc(C(O)C(F)(F)F)nc3)cc3nc(NC(=O)NCC)sc23)c1. The average molecular weight is 532 g/mol. The minimum Gasteiger partial charge on any atom is -0.493 e. The van der Waals surface area contributed by atoms with Gasteiger partial charge in [0.05, 0.1) is 28.2 Å². The molecule has 0 radical (unpaired) electrons. The fraction of sp³-hybridized carbons (Fsp3) is 0.280. The summed E-state index contributed by atoms with van der Waals surface area (Å²) in [6, 6.07) is 9.34. The molecule has 4 aromatic rings. The number of amides is 2. The predicted octanol–water partition coefficient (Wildman–Crippen LogP) is 5.95. The Morgan fingerprint density at radius 3 is 2.62 bits per heavy atom. The Labute approximate surface area is 214 Å². The molecule has 8 nitrogen and oxygen atoms in total. The molecule has 1 unspecified atom stereocenters. The van der Waals surface area contributed by atoms with Crippen LogP contribution in [0.25, 0.3) is 32.6 Å². The molecule has 0 spiro atoms. The maximum atomic E-state index is 12.9. The van der Waals surface area contributed by atoms with Crippen LogP contribution in [0.1, 0.15) is 32.1 Å². The van der Waals surface area contributed by atoms with Gasteiger partial charge in [0.2, 0.25) is 0 Å². The van der Waals surface area contributed by atoms with Crippen molar-refractivity contribution in [1.29, 1.82) is 0 Å². The quantitative estimate of drug-likeness (QED) is 0.259. The number of hydrogen-bond acceptors (Lipinski definition) is 7. The fourth-order valence-corrected chi connectivity index (χ4v) is 4.48. The number of halogens is 3. The molecule has 0 fully saturated rings. The van der Waals surface area contributed by atoms with Gasteiger partial charge in [0.25, 0.3) is 0 Å². The van der Waals surface area contributed by atoms with Crippen LogP contribution in [0, 0.1) is 0 Å². The van der Waals surface area contributed by atoms with Crippen molar-refractivity contribution in [3.8, 4) is 28.1 Å². The molecule has 0 aliphatic carbocycles. The number of rotatable bonds is 8. The number of anilines is 1. The number of alkyl halides is 3. The summed E-state index contributed by atoms with van der Waals surface area (Å²) in [7, 11) is 0. The van der Waals surface area contributed by atoms with E-state index in [0.717, 1.165) is 17.2 Å². The lowest BCUT2D eigenvalue weighted by Crippen LogP contribution is -2.28. The molecule has 2 amide bonds. The van der Waals surface area contributed by atoms with Crippen LogP contribution >= 0.6 is 11.3 Å². The number of carbonyl (C=O) groups is 1. The average Bonchev–Trinajstić information content (AvgIpc) is 3.28. The molecule has 3 heterocycles. The number of aliphatic hydroxyl groups is 1. The first-order valence-electron chi connectivity index (χ1n) is 11.5. The lowest BCUT2D eigenvalue weighted by molar-refractivity contribution is -0.207. The van der Waals surface area contributed by atoms with Gasteiger partial charge in [-0.2, -0.15) is 13.2 Å². The van der Waals surface area contributed by atoms with E-state index >= 15 is 0 Å². The minimum atomic E-state index is -4.81. The Balaban J connectivity index is 1.80. The smallest absolute Gasteiger partial charge is 0.420 e. The largest absolute Gasteiger partial charge is 0.493 e. The molecule has 12 heteroatoms. The van der Waals surface area contributed by atoms with E-state index in [2.05, 4.69) is 25.6 Å². The second-order valence-electron chi connectivity index (χ2n) is 8.02. The molecule has 0 bridgehead atoms. The monoisotopic (exact) mass is 531 g/mol. The Bertz CT molecular complexity index is 1390. The van der Waals surface area contributed by atoms with Crippen LogP contribution in [0.5, 0.6) is 5.75 Å². The molecule has 37 heavy (non-hydrogen) atoms. The van der Waals surface area contributed by atoms with E-state index in [1.165, 1.54) is 23.6 Å². The highest BCUT2D eigenvalue weighted by Gasteiger charge is 2.40. The number of aliphatic hydroxyl groups excluding tert-OH is 1. The van der Waals surface area contributed by atoms with Crippen LogP contribution in [-0.2, 0) is 0 Å². The summed E-state index contributed by atoms with van der Waals surface area (Å²) < 4.78 is 45.1. The third-order valence-electron chi connectivity index (χ3n) is 5.24. The fourth-order valence-electron chi connectivity index (χ4n) is 3.52. The highest BCUT2D eigenvalue weighted by Crippen LogP contribution is 2.39.